The molecule has 9 nitrogen and oxygen atoms in total. The molecule has 4 aliphatic heterocycles. The van der Waals surface area contributed by atoms with Crippen molar-refractivity contribution >= 4 is 43.1 Å². The minimum absolute atomic E-state index is 0.0191. The number of nitrogens with zero attached hydrogens (tertiary/aromatic N) is 6. The van der Waals surface area contributed by atoms with Crippen molar-refractivity contribution in [2.24, 2.45) is 0 Å². The lowest BCUT2D eigenvalue weighted by Crippen LogP contribution is -2.51. The van der Waals surface area contributed by atoms with Crippen molar-refractivity contribution in [3.63, 3.8) is 0 Å². The van der Waals surface area contributed by atoms with Gasteiger partial charge < -0.3 is 20.7 Å². The number of fused-ring (bicyclic) bond motifs is 5. The number of halogens is 3. The van der Waals surface area contributed by atoms with Gasteiger partial charge in [-0.25, -0.2) is 13.2 Å². The van der Waals surface area contributed by atoms with Gasteiger partial charge >= 0.3 is 6.01 Å². The summed E-state index contributed by atoms with van der Waals surface area (Å²) in [6, 6.07) is 5.30. The molecule has 2 unspecified atom stereocenters. The SMILES string of the molecule is N#Cc1c(N)sc2c(F)ccc(-c3ncc4c(N5CC6CCC(C5)N6)nc(OC[C@@]56CCCN5C[C@H](F)C6)nc4c3F)c12. The Morgan fingerprint density at radius 3 is 2.79 bits per heavy atom. The third-order valence-corrected chi connectivity index (χ3v) is 10.6. The topological polar surface area (TPSA) is 116 Å². The first-order chi connectivity index (χ1) is 20.8. The smallest absolute Gasteiger partial charge is 0.319 e. The Bertz CT molecular complexity index is 1820. The van der Waals surface area contributed by atoms with Crippen LogP contribution in [-0.4, -0.2) is 76.4 Å². The third kappa shape index (κ3) is 4.22. The number of nitrogens with one attached hydrogen (secondary N) is 1. The van der Waals surface area contributed by atoms with Crippen molar-refractivity contribution in [2.45, 2.75) is 55.9 Å². The quantitative estimate of drug-likeness (QED) is 0.338. The fraction of sp³-hybridized carbons (Fsp3) is 0.467. The van der Waals surface area contributed by atoms with Crippen LogP contribution >= 0.6 is 11.3 Å². The Morgan fingerprint density at radius 1 is 1.19 bits per heavy atom. The van der Waals surface area contributed by atoms with Crippen LogP contribution in [-0.2, 0) is 0 Å². The number of rotatable bonds is 5. The van der Waals surface area contributed by atoms with E-state index in [1.165, 1.54) is 18.3 Å². The summed E-state index contributed by atoms with van der Waals surface area (Å²) >= 11 is 0.945. The fourth-order valence-corrected chi connectivity index (χ4v) is 8.58. The summed E-state index contributed by atoms with van der Waals surface area (Å²) in [6.07, 6.45) is 4.92. The second kappa shape index (κ2) is 9.90. The maximum atomic E-state index is 16.6. The molecule has 0 aliphatic carbocycles. The Balaban J connectivity index is 1.26. The van der Waals surface area contributed by atoms with E-state index in [0.717, 1.165) is 43.6 Å². The van der Waals surface area contributed by atoms with E-state index in [9.17, 15) is 14.0 Å². The largest absolute Gasteiger partial charge is 0.461 e. The number of benzene rings is 1. The van der Waals surface area contributed by atoms with Crippen LogP contribution in [0.5, 0.6) is 6.01 Å². The highest BCUT2D eigenvalue weighted by Gasteiger charge is 2.49. The minimum Gasteiger partial charge on any atom is -0.461 e. The predicted molar refractivity (Wildman–Crippen MR) is 158 cm³/mol. The van der Waals surface area contributed by atoms with Gasteiger partial charge in [0.05, 0.1) is 21.2 Å². The lowest BCUT2D eigenvalue weighted by molar-refractivity contribution is 0.107. The number of nitrogens with two attached hydrogens (primary N) is 1. The molecule has 0 amide bonds. The molecule has 4 saturated heterocycles. The molecule has 3 aromatic heterocycles. The molecule has 7 heterocycles. The van der Waals surface area contributed by atoms with Crippen LogP contribution in [0.3, 0.4) is 0 Å². The molecule has 13 heteroatoms. The van der Waals surface area contributed by atoms with E-state index in [2.05, 4.69) is 25.1 Å². The number of hydrogen-bond acceptors (Lipinski definition) is 10. The Morgan fingerprint density at radius 2 is 2.00 bits per heavy atom. The molecule has 8 rings (SSSR count). The number of anilines is 2. The van der Waals surface area contributed by atoms with Gasteiger partial charge in [0.15, 0.2) is 5.82 Å². The molecule has 222 valence electrons. The van der Waals surface area contributed by atoms with Crippen LogP contribution < -0.4 is 20.7 Å². The van der Waals surface area contributed by atoms with Crippen LogP contribution in [0.1, 0.15) is 37.7 Å². The zero-order chi connectivity index (χ0) is 29.5. The van der Waals surface area contributed by atoms with E-state index < -0.39 is 23.3 Å². The number of aromatic nitrogens is 3. The van der Waals surface area contributed by atoms with Crippen molar-refractivity contribution in [1.29, 1.82) is 5.26 Å². The first-order valence-corrected chi connectivity index (χ1v) is 15.5. The maximum Gasteiger partial charge on any atom is 0.319 e. The fourth-order valence-electron chi connectivity index (χ4n) is 7.63. The van der Waals surface area contributed by atoms with E-state index in [-0.39, 0.29) is 50.0 Å². The molecule has 0 radical (unpaired) electrons. The Kier molecular flexibility index (Phi) is 6.19. The van der Waals surface area contributed by atoms with Gasteiger partial charge in [0.1, 0.15) is 46.7 Å². The second-order valence-corrected chi connectivity index (χ2v) is 13.2. The van der Waals surface area contributed by atoms with E-state index in [1.807, 2.05) is 6.07 Å². The number of pyridine rings is 1. The highest BCUT2D eigenvalue weighted by Crippen LogP contribution is 2.43. The van der Waals surface area contributed by atoms with Crippen molar-refractivity contribution in [3.8, 4) is 23.3 Å². The molecule has 1 aromatic carbocycles. The van der Waals surface area contributed by atoms with Crippen molar-refractivity contribution < 1.29 is 17.9 Å². The summed E-state index contributed by atoms with van der Waals surface area (Å²) < 4.78 is 52.1. The van der Waals surface area contributed by atoms with Gasteiger partial charge in [-0.15, -0.1) is 11.3 Å². The Hall–Kier alpha value is -3.73. The first kappa shape index (κ1) is 26.9. The number of piperazine rings is 1. The van der Waals surface area contributed by atoms with Gasteiger partial charge in [-0.2, -0.15) is 15.2 Å². The van der Waals surface area contributed by atoms with Crippen LogP contribution in [0.15, 0.2) is 18.3 Å². The molecule has 0 saturated carbocycles. The first-order valence-electron chi connectivity index (χ1n) is 14.6. The summed E-state index contributed by atoms with van der Waals surface area (Å²) in [5.74, 6) is -0.737. The minimum atomic E-state index is -0.906. The molecular formula is C30H29F3N8OS. The van der Waals surface area contributed by atoms with Crippen LogP contribution in [0.4, 0.5) is 24.0 Å². The van der Waals surface area contributed by atoms with E-state index in [1.54, 1.807) is 0 Å². The summed E-state index contributed by atoms with van der Waals surface area (Å²) in [5, 5.41) is 14.2. The maximum absolute atomic E-state index is 16.6. The zero-order valence-corrected chi connectivity index (χ0v) is 24.1. The number of ether oxygens (including phenoxy) is 1. The van der Waals surface area contributed by atoms with Crippen LogP contribution in [0.25, 0.3) is 32.2 Å². The number of hydrogen-bond donors (Lipinski definition) is 2. The van der Waals surface area contributed by atoms with Crippen LogP contribution in [0, 0.1) is 23.0 Å². The van der Waals surface area contributed by atoms with E-state index in [4.69, 9.17) is 15.5 Å². The second-order valence-electron chi connectivity index (χ2n) is 12.2. The molecule has 4 fully saturated rings. The van der Waals surface area contributed by atoms with Gasteiger partial charge in [0.2, 0.25) is 0 Å². The van der Waals surface area contributed by atoms with Crippen molar-refractivity contribution in [3.05, 3.63) is 35.5 Å². The van der Waals surface area contributed by atoms with Gasteiger partial charge in [0, 0.05) is 55.3 Å². The van der Waals surface area contributed by atoms with E-state index in [0.29, 0.717) is 49.3 Å². The van der Waals surface area contributed by atoms with E-state index >= 15 is 4.39 Å². The highest BCUT2D eigenvalue weighted by molar-refractivity contribution is 7.23. The monoisotopic (exact) mass is 606 g/mol. The summed E-state index contributed by atoms with van der Waals surface area (Å²) in [5.41, 5.74) is 5.90. The molecular weight excluding hydrogens is 577 g/mol. The van der Waals surface area contributed by atoms with Crippen molar-refractivity contribution in [1.82, 2.24) is 25.2 Å². The number of alkyl halides is 1. The molecule has 3 N–H and O–H groups in total. The molecule has 4 aliphatic rings. The number of thiophene rings is 1. The molecule has 2 bridgehead atoms. The summed E-state index contributed by atoms with van der Waals surface area (Å²) in [6.45, 7) is 2.83. The highest BCUT2D eigenvalue weighted by atomic mass is 32.1. The molecule has 4 aromatic rings. The third-order valence-electron chi connectivity index (χ3n) is 9.58. The van der Waals surface area contributed by atoms with Gasteiger partial charge in [0.25, 0.3) is 0 Å². The molecule has 4 atom stereocenters. The predicted octanol–water partition coefficient (Wildman–Crippen LogP) is 4.53. The number of nitrogen functional groups attached to an aromatic ring is 1. The lowest BCUT2D eigenvalue weighted by Gasteiger charge is -2.34. The normalized spacial score (nSPS) is 26.8. The van der Waals surface area contributed by atoms with Crippen LogP contribution in [0.2, 0.25) is 0 Å². The van der Waals surface area contributed by atoms with Gasteiger partial charge in [-0.3, -0.25) is 9.88 Å². The Labute approximate surface area is 249 Å². The molecule has 0 spiro atoms. The van der Waals surface area contributed by atoms with Gasteiger partial charge in [-0.1, -0.05) is 0 Å². The lowest BCUT2D eigenvalue weighted by atomic mass is 9.95. The molecule has 43 heavy (non-hydrogen) atoms. The standard InChI is InChI=1S/C30H29F3N8OS/c31-15-8-30(6-1-7-41(30)11-15)14-42-29-38-25-20(28(39-29)40-12-16-2-3-17(13-40)37-16)10-36-24(23(25)33)18-4-5-21(32)26-22(18)19(9-34)27(35)43-26/h4-5,10,15-17,37H,1-3,6-8,11-14,35H2/t15-,16?,17?,30+/m1/s1. The average molecular weight is 607 g/mol. The number of nitriles is 1. The van der Waals surface area contributed by atoms with Crippen molar-refractivity contribution in [2.75, 3.05) is 43.4 Å². The summed E-state index contributed by atoms with van der Waals surface area (Å²) in [4.78, 5) is 18.1. The van der Waals surface area contributed by atoms with Gasteiger partial charge in [-0.05, 0) is 44.4 Å². The summed E-state index contributed by atoms with van der Waals surface area (Å²) in [7, 11) is 0. The zero-order valence-electron chi connectivity index (χ0n) is 23.2. The average Bonchev–Trinajstić information content (AvgIpc) is 3.73.